The van der Waals surface area contributed by atoms with E-state index in [1.807, 2.05) is 12.1 Å². The van der Waals surface area contributed by atoms with Crippen LogP contribution in [0.15, 0.2) is 29.1 Å². The third kappa shape index (κ3) is 1.95. The molecule has 1 spiro atoms. The minimum atomic E-state index is -1.10. The number of carboxylic acids is 1. The Balaban J connectivity index is 1.46. The lowest BCUT2D eigenvalue weighted by molar-refractivity contribution is -0.153. The Morgan fingerprint density at radius 2 is 2.12 bits per heavy atom. The van der Waals surface area contributed by atoms with Crippen molar-refractivity contribution in [3.8, 4) is 0 Å². The maximum absolute atomic E-state index is 13.2. The molecule has 5 rings (SSSR count). The molecule has 134 valence electrons. The SMILES string of the molecule is O=C(O)C1Cn2c(n[nH]c2=O)CN1C(=O)C1CC12CCc1ccccc12. The van der Waals surface area contributed by atoms with Crippen molar-refractivity contribution in [2.45, 2.75) is 43.8 Å². The molecule has 2 heterocycles. The average molecular weight is 354 g/mol. The van der Waals surface area contributed by atoms with E-state index >= 15 is 0 Å². The molecule has 26 heavy (non-hydrogen) atoms. The molecular weight excluding hydrogens is 336 g/mol. The number of nitrogens with one attached hydrogen (secondary N) is 1. The third-order valence-electron chi connectivity index (χ3n) is 6.22. The van der Waals surface area contributed by atoms with Crippen LogP contribution in [0.2, 0.25) is 0 Å². The second-order valence-electron chi connectivity index (χ2n) is 7.45. The normalized spacial score (nSPS) is 28.7. The fraction of sp³-hybridized carbons (Fsp3) is 0.444. The third-order valence-corrected chi connectivity index (χ3v) is 6.22. The number of aromatic amines is 1. The van der Waals surface area contributed by atoms with Gasteiger partial charge in [0.15, 0.2) is 5.82 Å². The highest BCUT2D eigenvalue weighted by molar-refractivity contribution is 5.89. The average Bonchev–Trinajstić information content (AvgIpc) is 3.10. The van der Waals surface area contributed by atoms with Crippen LogP contribution in [0, 0.1) is 5.92 Å². The van der Waals surface area contributed by atoms with Crippen LogP contribution in [0.1, 0.15) is 29.8 Å². The van der Waals surface area contributed by atoms with E-state index in [-0.39, 0.29) is 30.3 Å². The van der Waals surface area contributed by atoms with Gasteiger partial charge in [0.1, 0.15) is 6.04 Å². The summed E-state index contributed by atoms with van der Waals surface area (Å²) in [6.07, 6.45) is 2.65. The first-order valence-electron chi connectivity index (χ1n) is 8.77. The fourth-order valence-corrected chi connectivity index (χ4v) is 4.76. The lowest BCUT2D eigenvalue weighted by atomic mass is 9.94. The molecule has 1 aromatic heterocycles. The van der Waals surface area contributed by atoms with Crippen molar-refractivity contribution >= 4 is 11.9 Å². The number of aromatic nitrogens is 3. The van der Waals surface area contributed by atoms with Gasteiger partial charge in [-0.05, 0) is 30.4 Å². The van der Waals surface area contributed by atoms with Gasteiger partial charge in [0.05, 0.1) is 13.1 Å². The van der Waals surface area contributed by atoms with E-state index in [1.54, 1.807) is 0 Å². The molecule has 8 heteroatoms. The zero-order chi connectivity index (χ0) is 18.1. The number of fused-ring (bicyclic) bond motifs is 3. The summed E-state index contributed by atoms with van der Waals surface area (Å²) in [5.74, 6) is -1.03. The summed E-state index contributed by atoms with van der Waals surface area (Å²) in [4.78, 5) is 38.1. The quantitative estimate of drug-likeness (QED) is 0.805. The maximum atomic E-state index is 13.2. The molecule has 3 unspecified atom stereocenters. The molecule has 0 radical (unpaired) electrons. The lowest BCUT2D eigenvalue weighted by Gasteiger charge is -2.33. The Labute approximate surface area is 148 Å². The summed E-state index contributed by atoms with van der Waals surface area (Å²) in [6.45, 7) is -0.0230. The summed E-state index contributed by atoms with van der Waals surface area (Å²) in [7, 11) is 0. The van der Waals surface area contributed by atoms with Crippen molar-refractivity contribution in [2.24, 2.45) is 5.92 Å². The number of nitrogens with zero attached hydrogens (tertiary/aromatic N) is 3. The Morgan fingerprint density at radius 1 is 1.31 bits per heavy atom. The van der Waals surface area contributed by atoms with E-state index in [2.05, 4.69) is 22.3 Å². The Bertz CT molecular complexity index is 993. The summed E-state index contributed by atoms with van der Waals surface area (Å²) >= 11 is 0. The summed E-state index contributed by atoms with van der Waals surface area (Å²) in [6, 6.07) is 7.16. The summed E-state index contributed by atoms with van der Waals surface area (Å²) < 4.78 is 1.30. The Hall–Kier alpha value is -2.90. The van der Waals surface area contributed by atoms with E-state index in [9.17, 15) is 19.5 Å². The number of carboxylic acid groups (broad SMARTS) is 1. The number of carbonyl (C=O) groups excluding carboxylic acids is 1. The smallest absolute Gasteiger partial charge is 0.343 e. The molecule has 0 bridgehead atoms. The molecule has 1 amide bonds. The molecule has 8 nitrogen and oxygen atoms in total. The topological polar surface area (TPSA) is 108 Å². The van der Waals surface area contributed by atoms with Gasteiger partial charge in [0.25, 0.3) is 0 Å². The van der Waals surface area contributed by atoms with Gasteiger partial charge < -0.3 is 10.0 Å². The van der Waals surface area contributed by atoms with Crippen molar-refractivity contribution < 1.29 is 14.7 Å². The molecule has 1 aliphatic heterocycles. The van der Waals surface area contributed by atoms with Gasteiger partial charge in [-0.2, -0.15) is 5.10 Å². The molecule has 1 fully saturated rings. The minimum absolute atomic E-state index is 0.0444. The number of carbonyl (C=O) groups is 2. The van der Waals surface area contributed by atoms with Crippen LogP contribution in [-0.4, -0.2) is 42.7 Å². The summed E-state index contributed by atoms with van der Waals surface area (Å²) in [5.41, 5.74) is 1.95. The van der Waals surface area contributed by atoms with Crippen molar-refractivity contribution in [1.29, 1.82) is 0 Å². The van der Waals surface area contributed by atoms with E-state index in [4.69, 9.17) is 0 Å². The molecule has 3 atom stereocenters. The predicted molar refractivity (Wildman–Crippen MR) is 89.4 cm³/mol. The molecule has 2 N–H and O–H groups in total. The predicted octanol–water partition coefficient (Wildman–Crippen LogP) is 0.271. The number of amides is 1. The van der Waals surface area contributed by atoms with Crippen molar-refractivity contribution in [2.75, 3.05) is 0 Å². The number of aliphatic carboxylic acids is 1. The van der Waals surface area contributed by atoms with Gasteiger partial charge in [-0.3, -0.25) is 9.36 Å². The number of hydrogen-bond acceptors (Lipinski definition) is 4. The maximum Gasteiger partial charge on any atom is 0.343 e. The van der Waals surface area contributed by atoms with Crippen LogP contribution in [0.4, 0.5) is 0 Å². The summed E-state index contributed by atoms with van der Waals surface area (Å²) in [5, 5.41) is 15.8. The van der Waals surface area contributed by atoms with Crippen LogP contribution in [0.5, 0.6) is 0 Å². The first kappa shape index (κ1) is 15.4. The highest BCUT2D eigenvalue weighted by Gasteiger charge is 2.62. The number of benzene rings is 1. The molecule has 3 aliphatic rings. The lowest BCUT2D eigenvalue weighted by Crippen LogP contribution is -2.52. The second kappa shape index (κ2) is 5.06. The minimum Gasteiger partial charge on any atom is -0.480 e. The van der Waals surface area contributed by atoms with Gasteiger partial charge in [0.2, 0.25) is 5.91 Å². The molecular formula is C18H18N4O4. The first-order chi connectivity index (χ1) is 12.5. The highest BCUT2D eigenvalue weighted by atomic mass is 16.4. The van der Waals surface area contributed by atoms with Crippen LogP contribution >= 0.6 is 0 Å². The van der Waals surface area contributed by atoms with Gasteiger partial charge in [-0.15, -0.1) is 0 Å². The van der Waals surface area contributed by atoms with Gasteiger partial charge in [-0.1, -0.05) is 24.3 Å². The number of H-pyrrole nitrogens is 1. The fourth-order valence-electron chi connectivity index (χ4n) is 4.76. The van der Waals surface area contributed by atoms with E-state index in [1.165, 1.54) is 20.6 Å². The van der Waals surface area contributed by atoms with E-state index < -0.39 is 17.7 Å². The van der Waals surface area contributed by atoms with Gasteiger partial charge in [-0.25, -0.2) is 14.7 Å². The van der Waals surface area contributed by atoms with E-state index in [0.717, 1.165) is 19.3 Å². The zero-order valence-electron chi connectivity index (χ0n) is 14.0. The number of hydrogen-bond donors (Lipinski definition) is 2. The first-order valence-corrected chi connectivity index (χ1v) is 8.77. The van der Waals surface area contributed by atoms with Crippen LogP contribution < -0.4 is 5.69 Å². The van der Waals surface area contributed by atoms with Gasteiger partial charge in [0, 0.05) is 11.3 Å². The van der Waals surface area contributed by atoms with E-state index in [0.29, 0.717) is 5.82 Å². The zero-order valence-corrected chi connectivity index (χ0v) is 14.0. The molecule has 2 aromatic rings. The molecule has 0 saturated heterocycles. The Kier molecular flexibility index (Phi) is 2.99. The standard InChI is InChI=1S/C18H18N4O4/c23-15(12-7-18(12)6-5-10-3-1-2-4-11(10)18)21-9-14-19-20-17(26)22(14)8-13(21)16(24)25/h1-4,12-13H,5-9H2,(H,20,26)(H,24,25). The molecule has 2 aliphatic carbocycles. The second-order valence-corrected chi connectivity index (χ2v) is 7.45. The van der Waals surface area contributed by atoms with Crippen LogP contribution in [-0.2, 0) is 34.5 Å². The molecule has 1 aromatic carbocycles. The monoisotopic (exact) mass is 354 g/mol. The highest BCUT2D eigenvalue weighted by Crippen LogP contribution is 2.62. The largest absolute Gasteiger partial charge is 0.480 e. The van der Waals surface area contributed by atoms with Crippen molar-refractivity contribution in [1.82, 2.24) is 19.7 Å². The van der Waals surface area contributed by atoms with Gasteiger partial charge >= 0.3 is 11.7 Å². The van der Waals surface area contributed by atoms with Crippen molar-refractivity contribution in [3.05, 3.63) is 51.7 Å². The number of aryl methyl sites for hydroxylation is 1. The number of rotatable bonds is 2. The van der Waals surface area contributed by atoms with Crippen LogP contribution in [0.25, 0.3) is 0 Å². The van der Waals surface area contributed by atoms with Crippen molar-refractivity contribution in [3.63, 3.8) is 0 Å². The molecule has 1 saturated carbocycles. The van der Waals surface area contributed by atoms with Crippen LogP contribution in [0.3, 0.4) is 0 Å². The Morgan fingerprint density at radius 3 is 2.92 bits per heavy atom.